The van der Waals surface area contributed by atoms with Crippen LogP contribution in [0, 0.1) is 18.2 Å². The number of hydrogen-bond acceptors (Lipinski definition) is 2. The summed E-state index contributed by atoms with van der Waals surface area (Å²) < 4.78 is 51.3. The number of rotatable bonds is 4. The molecule has 1 aromatic carbocycles. The van der Waals surface area contributed by atoms with Crippen LogP contribution in [0.15, 0.2) is 18.2 Å². The van der Waals surface area contributed by atoms with Crippen LogP contribution in [0.3, 0.4) is 0 Å². The molecule has 2 nitrogen and oxygen atoms in total. The SMILES string of the molecule is C#CCCC(NN)c1cccc(C(F)(F)F)c1F. The lowest BCUT2D eigenvalue weighted by Crippen LogP contribution is -2.29. The van der Waals surface area contributed by atoms with E-state index in [0.29, 0.717) is 6.07 Å². The summed E-state index contributed by atoms with van der Waals surface area (Å²) >= 11 is 0. The van der Waals surface area contributed by atoms with Gasteiger partial charge < -0.3 is 0 Å². The topological polar surface area (TPSA) is 38.0 Å². The molecule has 18 heavy (non-hydrogen) atoms. The zero-order valence-electron chi connectivity index (χ0n) is 9.39. The lowest BCUT2D eigenvalue weighted by molar-refractivity contribution is -0.140. The van der Waals surface area contributed by atoms with Crippen molar-refractivity contribution in [2.45, 2.75) is 25.1 Å². The Balaban J connectivity index is 3.13. The number of hydrazine groups is 1. The summed E-state index contributed by atoms with van der Waals surface area (Å²) in [7, 11) is 0. The lowest BCUT2D eigenvalue weighted by atomic mass is 9.99. The Bertz CT molecular complexity index is 448. The monoisotopic (exact) mass is 260 g/mol. The van der Waals surface area contributed by atoms with Crippen molar-refractivity contribution < 1.29 is 17.6 Å². The second kappa shape index (κ2) is 5.85. The Kier molecular flexibility index (Phi) is 4.70. The first kappa shape index (κ1) is 14.5. The fourth-order valence-electron chi connectivity index (χ4n) is 1.59. The van der Waals surface area contributed by atoms with Crippen LogP contribution >= 0.6 is 0 Å². The Morgan fingerprint density at radius 3 is 2.56 bits per heavy atom. The zero-order valence-corrected chi connectivity index (χ0v) is 9.39. The van der Waals surface area contributed by atoms with E-state index in [2.05, 4.69) is 11.3 Å². The molecule has 0 saturated carbocycles. The van der Waals surface area contributed by atoms with Gasteiger partial charge in [-0.2, -0.15) is 13.2 Å². The molecular formula is C12H12F4N2. The molecule has 0 spiro atoms. The third kappa shape index (κ3) is 3.22. The number of terminal acetylenes is 1. The summed E-state index contributed by atoms with van der Waals surface area (Å²) in [5.74, 6) is 6.22. The predicted octanol–water partition coefficient (Wildman–Crippen LogP) is 2.76. The van der Waals surface area contributed by atoms with Crippen molar-refractivity contribution in [3.63, 3.8) is 0 Å². The molecule has 0 heterocycles. The fourth-order valence-corrected chi connectivity index (χ4v) is 1.59. The summed E-state index contributed by atoms with van der Waals surface area (Å²) in [6.07, 6.45) is 0.861. The van der Waals surface area contributed by atoms with E-state index in [0.717, 1.165) is 6.07 Å². The van der Waals surface area contributed by atoms with Crippen molar-refractivity contribution in [2.75, 3.05) is 0 Å². The van der Waals surface area contributed by atoms with Gasteiger partial charge in [-0.25, -0.2) is 4.39 Å². The molecule has 1 rings (SSSR count). The average Bonchev–Trinajstić information content (AvgIpc) is 2.30. The second-order valence-corrected chi connectivity index (χ2v) is 3.67. The summed E-state index contributed by atoms with van der Waals surface area (Å²) in [6.45, 7) is 0. The van der Waals surface area contributed by atoms with Gasteiger partial charge in [-0.3, -0.25) is 11.3 Å². The van der Waals surface area contributed by atoms with Crippen molar-refractivity contribution in [1.82, 2.24) is 5.43 Å². The minimum atomic E-state index is -4.73. The van der Waals surface area contributed by atoms with E-state index in [1.807, 2.05) is 0 Å². The molecule has 3 N–H and O–H groups in total. The van der Waals surface area contributed by atoms with Crippen LogP contribution in [0.4, 0.5) is 17.6 Å². The maximum atomic E-state index is 13.8. The maximum Gasteiger partial charge on any atom is 0.419 e. The first-order valence-electron chi connectivity index (χ1n) is 5.17. The zero-order chi connectivity index (χ0) is 13.8. The molecule has 98 valence electrons. The molecule has 0 aliphatic carbocycles. The second-order valence-electron chi connectivity index (χ2n) is 3.67. The first-order valence-corrected chi connectivity index (χ1v) is 5.17. The summed E-state index contributed by atoms with van der Waals surface area (Å²) in [5.41, 5.74) is 0.829. The van der Waals surface area contributed by atoms with Crippen molar-refractivity contribution >= 4 is 0 Å². The van der Waals surface area contributed by atoms with Crippen molar-refractivity contribution in [2.24, 2.45) is 5.84 Å². The molecule has 1 atom stereocenters. The summed E-state index contributed by atoms with van der Waals surface area (Å²) in [6, 6.07) is 2.34. The third-order valence-electron chi connectivity index (χ3n) is 2.49. The van der Waals surface area contributed by atoms with Gasteiger partial charge in [0.05, 0.1) is 5.56 Å². The van der Waals surface area contributed by atoms with Crippen LogP contribution in [0.5, 0.6) is 0 Å². The molecule has 6 heteroatoms. The van der Waals surface area contributed by atoms with E-state index >= 15 is 0 Å². The van der Waals surface area contributed by atoms with E-state index < -0.39 is 23.6 Å². The quantitative estimate of drug-likeness (QED) is 0.378. The van der Waals surface area contributed by atoms with Crippen LogP contribution < -0.4 is 11.3 Å². The Hall–Kier alpha value is -1.58. The molecule has 0 aromatic heterocycles. The predicted molar refractivity (Wildman–Crippen MR) is 59.5 cm³/mol. The minimum Gasteiger partial charge on any atom is -0.271 e. The summed E-state index contributed by atoms with van der Waals surface area (Å²) in [5, 5.41) is 0. The number of alkyl halides is 3. The minimum absolute atomic E-state index is 0.137. The van der Waals surface area contributed by atoms with E-state index in [9.17, 15) is 17.6 Å². The van der Waals surface area contributed by atoms with Gasteiger partial charge in [0.2, 0.25) is 0 Å². The number of nitrogens with two attached hydrogens (primary N) is 1. The van der Waals surface area contributed by atoms with Crippen molar-refractivity contribution in [1.29, 1.82) is 0 Å². The molecule has 0 fully saturated rings. The van der Waals surface area contributed by atoms with Crippen LogP contribution in [-0.2, 0) is 6.18 Å². The Morgan fingerprint density at radius 1 is 1.39 bits per heavy atom. The molecule has 0 aliphatic rings. The first-order chi connectivity index (χ1) is 8.41. The molecule has 1 aromatic rings. The van der Waals surface area contributed by atoms with Crippen LogP contribution in [0.1, 0.15) is 30.0 Å². The largest absolute Gasteiger partial charge is 0.419 e. The molecule has 0 bridgehead atoms. The van der Waals surface area contributed by atoms with Gasteiger partial charge >= 0.3 is 6.18 Å². The average molecular weight is 260 g/mol. The smallest absolute Gasteiger partial charge is 0.271 e. The maximum absolute atomic E-state index is 13.8. The van der Waals surface area contributed by atoms with Gasteiger partial charge in [-0.15, -0.1) is 12.3 Å². The van der Waals surface area contributed by atoms with Gasteiger partial charge in [0.25, 0.3) is 0 Å². The highest BCUT2D eigenvalue weighted by molar-refractivity contribution is 5.30. The van der Waals surface area contributed by atoms with E-state index in [4.69, 9.17) is 12.3 Å². The van der Waals surface area contributed by atoms with E-state index in [-0.39, 0.29) is 18.4 Å². The highest BCUT2D eigenvalue weighted by atomic mass is 19.4. The van der Waals surface area contributed by atoms with Crippen LogP contribution in [0.2, 0.25) is 0 Å². The number of halogens is 4. The van der Waals surface area contributed by atoms with Gasteiger partial charge in [0.1, 0.15) is 5.82 Å². The van der Waals surface area contributed by atoms with Gasteiger partial charge in [0.15, 0.2) is 0 Å². The van der Waals surface area contributed by atoms with Crippen molar-refractivity contribution in [3.8, 4) is 12.3 Å². The number of benzene rings is 1. The van der Waals surface area contributed by atoms with E-state index in [1.165, 1.54) is 6.07 Å². The fraction of sp³-hybridized carbons (Fsp3) is 0.333. The standard InChI is InChI=1S/C12H12F4N2/c1-2-3-7-10(18-17)8-5-4-6-9(11(8)13)12(14,15)16/h1,4-6,10,18H,3,7,17H2. The molecular weight excluding hydrogens is 248 g/mol. The van der Waals surface area contributed by atoms with Crippen LogP contribution in [-0.4, -0.2) is 0 Å². The third-order valence-corrected chi connectivity index (χ3v) is 2.49. The molecule has 1 unspecified atom stereocenters. The van der Waals surface area contributed by atoms with Gasteiger partial charge in [-0.1, -0.05) is 12.1 Å². The van der Waals surface area contributed by atoms with E-state index in [1.54, 1.807) is 0 Å². The number of nitrogens with one attached hydrogen (secondary N) is 1. The lowest BCUT2D eigenvalue weighted by Gasteiger charge is -2.18. The van der Waals surface area contributed by atoms with Crippen LogP contribution in [0.25, 0.3) is 0 Å². The molecule has 0 saturated heterocycles. The number of hydrogen-bond donors (Lipinski definition) is 2. The van der Waals surface area contributed by atoms with Crippen molar-refractivity contribution in [3.05, 3.63) is 35.1 Å². The van der Waals surface area contributed by atoms with Gasteiger partial charge in [0, 0.05) is 18.0 Å². The Labute approximate surface area is 102 Å². The molecule has 0 radical (unpaired) electrons. The van der Waals surface area contributed by atoms with Gasteiger partial charge in [-0.05, 0) is 12.5 Å². The highest BCUT2D eigenvalue weighted by Gasteiger charge is 2.35. The highest BCUT2D eigenvalue weighted by Crippen LogP contribution is 2.34. The Morgan fingerprint density at radius 2 is 2.06 bits per heavy atom. The molecule has 0 amide bonds. The molecule has 0 aliphatic heterocycles. The summed E-state index contributed by atoms with van der Waals surface area (Å²) in [4.78, 5) is 0. The normalized spacial score (nSPS) is 13.1.